The van der Waals surface area contributed by atoms with Gasteiger partial charge < -0.3 is 19.1 Å². The molecule has 0 aliphatic carbocycles. The van der Waals surface area contributed by atoms with E-state index in [0.29, 0.717) is 19.7 Å². The Morgan fingerprint density at radius 3 is 2.43 bits per heavy atom. The van der Waals surface area contributed by atoms with Crippen LogP contribution in [-0.2, 0) is 19.0 Å². The third-order valence-electron chi connectivity index (χ3n) is 3.51. The molecule has 0 N–H and O–H groups in total. The van der Waals surface area contributed by atoms with Crippen LogP contribution in [0.15, 0.2) is 0 Å². The van der Waals surface area contributed by atoms with Crippen LogP contribution >= 0.6 is 0 Å². The second kappa shape index (κ2) is 9.57. The molecule has 0 bridgehead atoms. The van der Waals surface area contributed by atoms with Crippen molar-refractivity contribution in [3.63, 3.8) is 0 Å². The maximum atomic E-state index is 11.9. The molecule has 1 fully saturated rings. The predicted octanol–water partition coefficient (Wildman–Crippen LogP) is 0.729. The molecule has 0 radical (unpaired) electrons. The van der Waals surface area contributed by atoms with Gasteiger partial charge in [-0.25, -0.2) is 9.59 Å². The quantitative estimate of drug-likeness (QED) is 0.510. The fourth-order valence-corrected chi connectivity index (χ4v) is 1.89. The Hall–Kier alpha value is -1.34. The summed E-state index contributed by atoms with van der Waals surface area (Å²) in [4.78, 5) is 26.7. The summed E-state index contributed by atoms with van der Waals surface area (Å²) < 4.78 is 15.0. The first-order valence-electron chi connectivity index (χ1n) is 7.39. The van der Waals surface area contributed by atoms with Crippen LogP contribution in [0.3, 0.4) is 0 Å². The molecule has 122 valence electrons. The molecule has 0 aromatic rings. The van der Waals surface area contributed by atoms with Gasteiger partial charge in [0.15, 0.2) is 0 Å². The van der Waals surface area contributed by atoms with E-state index in [-0.39, 0.29) is 24.8 Å². The third-order valence-corrected chi connectivity index (χ3v) is 3.51. The Morgan fingerprint density at radius 1 is 1.19 bits per heavy atom. The minimum atomic E-state index is -0.368. The number of rotatable bonds is 7. The number of ether oxygens (including phenoxy) is 3. The number of amides is 1. The lowest BCUT2D eigenvalue weighted by atomic mass is 10.3. The fraction of sp³-hybridized carbons (Fsp3) is 0.857. The number of methoxy groups -OCH3 is 1. The van der Waals surface area contributed by atoms with Crippen molar-refractivity contribution in [2.45, 2.75) is 26.4 Å². The van der Waals surface area contributed by atoms with E-state index in [9.17, 15) is 9.59 Å². The Labute approximate surface area is 126 Å². The number of nitrogens with zero attached hydrogens (tertiary/aromatic N) is 2. The molecule has 1 saturated heterocycles. The predicted molar refractivity (Wildman–Crippen MR) is 77.1 cm³/mol. The van der Waals surface area contributed by atoms with Crippen molar-refractivity contribution in [3.8, 4) is 0 Å². The van der Waals surface area contributed by atoms with E-state index in [1.54, 1.807) is 4.90 Å². The maximum absolute atomic E-state index is 11.9. The Kier molecular flexibility index (Phi) is 8.07. The lowest BCUT2D eigenvalue weighted by Crippen LogP contribution is -2.50. The Morgan fingerprint density at radius 2 is 1.86 bits per heavy atom. The third kappa shape index (κ3) is 6.77. The standard InChI is InChI=1S/C14H26N2O5/c1-4-12(2)21-14(18)16-7-5-15(6-8-16)9-10-20-11-13(17)19-3/h12H,4-11H2,1-3H3. The molecule has 0 spiro atoms. The van der Waals surface area contributed by atoms with Crippen LogP contribution in [0.2, 0.25) is 0 Å². The first-order valence-corrected chi connectivity index (χ1v) is 7.39. The fourth-order valence-electron chi connectivity index (χ4n) is 1.89. The first kappa shape index (κ1) is 17.7. The molecule has 21 heavy (non-hydrogen) atoms. The summed E-state index contributed by atoms with van der Waals surface area (Å²) in [6, 6.07) is 0. The number of piperazine rings is 1. The van der Waals surface area contributed by atoms with Crippen molar-refractivity contribution in [1.82, 2.24) is 9.80 Å². The average Bonchev–Trinajstić information content (AvgIpc) is 2.51. The molecule has 1 atom stereocenters. The highest BCUT2D eigenvalue weighted by Crippen LogP contribution is 2.06. The lowest BCUT2D eigenvalue weighted by Gasteiger charge is -2.34. The van der Waals surface area contributed by atoms with Gasteiger partial charge in [-0.1, -0.05) is 6.92 Å². The van der Waals surface area contributed by atoms with Crippen molar-refractivity contribution in [1.29, 1.82) is 0 Å². The molecule has 0 saturated carbocycles. The first-order chi connectivity index (χ1) is 10.1. The van der Waals surface area contributed by atoms with Gasteiger partial charge in [-0.05, 0) is 13.3 Å². The van der Waals surface area contributed by atoms with Gasteiger partial charge in [0.05, 0.1) is 13.7 Å². The zero-order chi connectivity index (χ0) is 15.7. The summed E-state index contributed by atoms with van der Waals surface area (Å²) in [5.41, 5.74) is 0. The van der Waals surface area contributed by atoms with E-state index < -0.39 is 0 Å². The van der Waals surface area contributed by atoms with Gasteiger partial charge in [0.25, 0.3) is 0 Å². The minimum Gasteiger partial charge on any atom is -0.467 e. The van der Waals surface area contributed by atoms with Gasteiger partial charge in [-0.2, -0.15) is 0 Å². The van der Waals surface area contributed by atoms with Crippen LogP contribution in [0.25, 0.3) is 0 Å². The second-order valence-electron chi connectivity index (χ2n) is 5.06. The van der Waals surface area contributed by atoms with E-state index in [2.05, 4.69) is 9.64 Å². The summed E-state index contributed by atoms with van der Waals surface area (Å²) in [5, 5.41) is 0. The van der Waals surface area contributed by atoms with Crippen molar-refractivity contribution in [2.24, 2.45) is 0 Å². The van der Waals surface area contributed by atoms with Crippen molar-refractivity contribution >= 4 is 12.1 Å². The molecule has 1 aliphatic heterocycles. The molecule has 1 unspecified atom stereocenters. The van der Waals surface area contributed by atoms with Gasteiger partial charge in [-0.3, -0.25) is 4.90 Å². The Balaban J connectivity index is 2.14. The molecule has 1 heterocycles. The van der Waals surface area contributed by atoms with E-state index in [1.807, 2.05) is 13.8 Å². The van der Waals surface area contributed by atoms with Crippen molar-refractivity contribution in [3.05, 3.63) is 0 Å². The smallest absolute Gasteiger partial charge is 0.410 e. The molecular formula is C14H26N2O5. The molecule has 7 nitrogen and oxygen atoms in total. The van der Waals surface area contributed by atoms with Gasteiger partial charge in [0, 0.05) is 32.7 Å². The van der Waals surface area contributed by atoms with E-state index in [0.717, 1.165) is 26.1 Å². The van der Waals surface area contributed by atoms with E-state index in [1.165, 1.54) is 7.11 Å². The summed E-state index contributed by atoms with van der Waals surface area (Å²) in [5.74, 6) is -0.368. The van der Waals surface area contributed by atoms with Crippen LogP contribution in [0.5, 0.6) is 0 Å². The molecule has 7 heteroatoms. The second-order valence-corrected chi connectivity index (χ2v) is 5.06. The van der Waals surface area contributed by atoms with Gasteiger partial charge >= 0.3 is 12.1 Å². The summed E-state index contributed by atoms with van der Waals surface area (Å²) in [7, 11) is 1.34. The monoisotopic (exact) mass is 302 g/mol. The van der Waals surface area contributed by atoms with E-state index in [4.69, 9.17) is 9.47 Å². The largest absolute Gasteiger partial charge is 0.467 e. The van der Waals surface area contributed by atoms with E-state index >= 15 is 0 Å². The molecular weight excluding hydrogens is 276 g/mol. The highest BCUT2D eigenvalue weighted by atomic mass is 16.6. The molecule has 1 rings (SSSR count). The van der Waals surface area contributed by atoms with Crippen LogP contribution in [-0.4, -0.2) is 81.0 Å². The van der Waals surface area contributed by atoms with Crippen LogP contribution in [0.1, 0.15) is 20.3 Å². The minimum absolute atomic E-state index is 0.0162. The Bertz CT molecular complexity index is 329. The van der Waals surface area contributed by atoms with Crippen LogP contribution in [0, 0.1) is 0 Å². The normalized spacial score (nSPS) is 17.4. The topological polar surface area (TPSA) is 68.3 Å². The number of esters is 1. The number of hydrogen-bond donors (Lipinski definition) is 0. The van der Waals surface area contributed by atoms with Crippen LogP contribution in [0.4, 0.5) is 4.79 Å². The average molecular weight is 302 g/mol. The number of hydrogen-bond acceptors (Lipinski definition) is 6. The van der Waals surface area contributed by atoms with Crippen molar-refractivity contribution < 1.29 is 23.8 Å². The summed E-state index contributed by atoms with van der Waals surface area (Å²) in [6.07, 6.45) is 0.552. The number of carbonyl (C=O) groups excluding carboxylic acids is 2. The summed E-state index contributed by atoms with van der Waals surface area (Å²) >= 11 is 0. The van der Waals surface area contributed by atoms with Gasteiger partial charge in [-0.15, -0.1) is 0 Å². The zero-order valence-corrected chi connectivity index (χ0v) is 13.2. The molecule has 0 aromatic carbocycles. The number of carbonyl (C=O) groups is 2. The van der Waals surface area contributed by atoms with Crippen LogP contribution < -0.4 is 0 Å². The molecule has 0 aromatic heterocycles. The molecule has 1 amide bonds. The van der Waals surface area contributed by atoms with Gasteiger partial charge in [0.2, 0.25) is 0 Å². The highest BCUT2D eigenvalue weighted by Gasteiger charge is 2.22. The highest BCUT2D eigenvalue weighted by molar-refractivity contribution is 5.70. The molecule has 1 aliphatic rings. The maximum Gasteiger partial charge on any atom is 0.410 e. The zero-order valence-electron chi connectivity index (χ0n) is 13.2. The van der Waals surface area contributed by atoms with Gasteiger partial charge in [0.1, 0.15) is 12.7 Å². The summed E-state index contributed by atoms with van der Waals surface area (Å²) in [6.45, 7) is 7.99. The van der Waals surface area contributed by atoms with Crippen molar-refractivity contribution in [2.75, 3.05) is 53.0 Å². The lowest BCUT2D eigenvalue weighted by molar-refractivity contribution is -0.146. The SMILES string of the molecule is CCC(C)OC(=O)N1CCN(CCOCC(=O)OC)CC1.